The van der Waals surface area contributed by atoms with Gasteiger partial charge in [-0.2, -0.15) is 0 Å². The van der Waals surface area contributed by atoms with Gasteiger partial charge in [0.1, 0.15) is 0 Å². The van der Waals surface area contributed by atoms with Crippen LogP contribution in [0.1, 0.15) is 31.2 Å². The molecule has 0 spiro atoms. The van der Waals surface area contributed by atoms with Gasteiger partial charge in [0.05, 0.1) is 5.92 Å². The molecule has 3 aliphatic heterocycles. The van der Waals surface area contributed by atoms with E-state index in [1.807, 2.05) is 6.07 Å². The lowest BCUT2D eigenvalue weighted by molar-refractivity contribution is -0.126. The molecule has 1 amide bonds. The Morgan fingerprint density at radius 1 is 1.24 bits per heavy atom. The highest BCUT2D eigenvalue weighted by molar-refractivity contribution is 5.79. The summed E-state index contributed by atoms with van der Waals surface area (Å²) in [5, 5.41) is 6.53. The summed E-state index contributed by atoms with van der Waals surface area (Å²) in [7, 11) is 0. The molecule has 4 rings (SSSR count). The van der Waals surface area contributed by atoms with E-state index in [0.717, 1.165) is 63.5 Å². The minimum atomic E-state index is -0.100. The molecule has 136 valence electrons. The van der Waals surface area contributed by atoms with Gasteiger partial charge in [0.15, 0.2) is 11.5 Å². The van der Waals surface area contributed by atoms with Gasteiger partial charge in [-0.05, 0) is 49.9 Å². The van der Waals surface area contributed by atoms with Crippen LogP contribution in [0.25, 0.3) is 0 Å². The smallest absolute Gasteiger partial charge is 0.231 e. The molecule has 1 aromatic carbocycles. The molecule has 25 heavy (non-hydrogen) atoms. The molecule has 2 N–H and O–H groups in total. The summed E-state index contributed by atoms with van der Waals surface area (Å²) in [4.78, 5) is 12.6. The van der Waals surface area contributed by atoms with Gasteiger partial charge in [0.25, 0.3) is 0 Å². The first-order chi connectivity index (χ1) is 12.3. The van der Waals surface area contributed by atoms with Crippen molar-refractivity contribution in [3.8, 4) is 11.5 Å². The molecule has 0 aliphatic carbocycles. The SMILES string of the molecule is O=C(NCC1(c2ccc3c(c2)OCO3)CCOCC1)C1CCCNC1. The second-order valence-corrected chi connectivity index (χ2v) is 7.22. The number of fused-ring (bicyclic) bond motifs is 1. The molecule has 6 heteroatoms. The Hall–Kier alpha value is -1.79. The van der Waals surface area contributed by atoms with Gasteiger partial charge in [-0.15, -0.1) is 0 Å². The lowest BCUT2D eigenvalue weighted by Gasteiger charge is -2.38. The second kappa shape index (κ2) is 7.22. The van der Waals surface area contributed by atoms with Crippen molar-refractivity contribution in [1.82, 2.24) is 10.6 Å². The number of nitrogens with one attached hydrogen (secondary N) is 2. The van der Waals surface area contributed by atoms with Gasteiger partial charge in [-0.1, -0.05) is 6.07 Å². The summed E-state index contributed by atoms with van der Waals surface area (Å²) in [6, 6.07) is 6.15. The Morgan fingerprint density at radius 2 is 2.08 bits per heavy atom. The summed E-state index contributed by atoms with van der Waals surface area (Å²) in [5.74, 6) is 1.84. The van der Waals surface area contributed by atoms with E-state index in [0.29, 0.717) is 6.54 Å². The van der Waals surface area contributed by atoms with Crippen molar-refractivity contribution in [2.45, 2.75) is 31.1 Å². The number of ether oxygens (including phenoxy) is 3. The summed E-state index contributed by atoms with van der Waals surface area (Å²) in [5.41, 5.74) is 1.10. The maximum atomic E-state index is 12.6. The molecular weight excluding hydrogens is 320 g/mol. The average Bonchev–Trinajstić information content (AvgIpc) is 3.15. The van der Waals surface area contributed by atoms with E-state index in [1.165, 1.54) is 5.56 Å². The van der Waals surface area contributed by atoms with Crippen LogP contribution >= 0.6 is 0 Å². The van der Waals surface area contributed by atoms with E-state index in [1.54, 1.807) is 0 Å². The molecule has 0 saturated carbocycles. The maximum absolute atomic E-state index is 12.6. The van der Waals surface area contributed by atoms with Crippen LogP contribution in [0, 0.1) is 5.92 Å². The van der Waals surface area contributed by atoms with E-state index in [-0.39, 0.29) is 24.0 Å². The van der Waals surface area contributed by atoms with E-state index >= 15 is 0 Å². The standard InChI is InChI=1S/C19H26N2O4/c22-18(14-2-1-7-20-11-14)21-12-19(5-8-23-9-6-19)15-3-4-16-17(10-15)25-13-24-16/h3-4,10,14,20H,1-2,5-9,11-13H2,(H,21,22). The minimum Gasteiger partial charge on any atom is -0.454 e. The summed E-state index contributed by atoms with van der Waals surface area (Å²) < 4.78 is 16.6. The fraction of sp³-hybridized carbons (Fsp3) is 0.632. The average molecular weight is 346 g/mol. The van der Waals surface area contributed by atoms with E-state index < -0.39 is 0 Å². The second-order valence-electron chi connectivity index (χ2n) is 7.22. The highest BCUT2D eigenvalue weighted by atomic mass is 16.7. The van der Waals surface area contributed by atoms with E-state index in [2.05, 4.69) is 22.8 Å². The van der Waals surface area contributed by atoms with Crippen molar-refractivity contribution in [2.75, 3.05) is 39.6 Å². The van der Waals surface area contributed by atoms with Gasteiger partial charge in [0, 0.05) is 31.7 Å². The molecule has 2 saturated heterocycles. The van der Waals surface area contributed by atoms with Crippen LogP contribution in [0.2, 0.25) is 0 Å². The molecule has 2 fully saturated rings. The Bertz CT molecular complexity index is 622. The predicted molar refractivity (Wildman–Crippen MR) is 92.9 cm³/mol. The topological polar surface area (TPSA) is 68.8 Å². The van der Waals surface area contributed by atoms with Crippen molar-refractivity contribution in [1.29, 1.82) is 0 Å². The number of hydrogen-bond donors (Lipinski definition) is 2. The van der Waals surface area contributed by atoms with Gasteiger partial charge in [-0.25, -0.2) is 0 Å². The fourth-order valence-electron chi connectivity index (χ4n) is 4.03. The van der Waals surface area contributed by atoms with Crippen LogP contribution in [0.15, 0.2) is 18.2 Å². The van der Waals surface area contributed by atoms with E-state index in [9.17, 15) is 4.79 Å². The van der Waals surface area contributed by atoms with Crippen molar-refractivity contribution >= 4 is 5.91 Å². The van der Waals surface area contributed by atoms with Crippen LogP contribution in [0.4, 0.5) is 0 Å². The molecule has 3 aliphatic rings. The number of hydrogen-bond acceptors (Lipinski definition) is 5. The van der Waals surface area contributed by atoms with Gasteiger partial charge in [-0.3, -0.25) is 4.79 Å². The van der Waals surface area contributed by atoms with Crippen LogP contribution in [-0.4, -0.2) is 45.5 Å². The van der Waals surface area contributed by atoms with Gasteiger partial charge < -0.3 is 24.8 Å². The molecule has 1 atom stereocenters. The predicted octanol–water partition coefficient (Wildman–Crippen LogP) is 1.58. The first-order valence-electron chi connectivity index (χ1n) is 9.23. The highest BCUT2D eigenvalue weighted by Crippen LogP contribution is 2.40. The molecule has 0 aromatic heterocycles. The Labute approximate surface area is 148 Å². The number of amides is 1. The Kier molecular flexibility index (Phi) is 4.81. The highest BCUT2D eigenvalue weighted by Gasteiger charge is 2.36. The van der Waals surface area contributed by atoms with Crippen molar-refractivity contribution in [2.24, 2.45) is 5.92 Å². The third kappa shape index (κ3) is 3.46. The number of piperidine rings is 1. The first kappa shape index (κ1) is 16.7. The van der Waals surface area contributed by atoms with Crippen LogP contribution in [0.3, 0.4) is 0 Å². The summed E-state index contributed by atoms with van der Waals surface area (Å²) in [6.45, 7) is 4.16. The molecule has 1 aromatic rings. The zero-order valence-corrected chi connectivity index (χ0v) is 14.5. The third-order valence-electron chi connectivity index (χ3n) is 5.70. The van der Waals surface area contributed by atoms with Gasteiger partial charge in [0.2, 0.25) is 12.7 Å². The van der Waals surface area contributed by atoms with Crippen LogP contribution in [0.5, 0.6) is 11.5 Å². The maximum Gasteiger partial charge on any atom is 0.231 e. The Morgan fingerprint density at radius 3 is 2.88 bits per heavy atom. The molecule has 3 heterocycles. The fourth-order valence-corrected chi connectivity index (χ4v) is 4.03. The zero-order valence-electron chi connectivity index (χ0n) is 14.5. The molecule has 6 nitrogen and oxygen atoms in total. The number of rotatable bonds is 4. The van der Waals surface area contributed by atoms with E-state index in [4.69, 9.17) is 14.2 Å². The van der Waals surface area contributed by atoms with Crippen molar-refractivity contribution in [3.63, 3.8) is 0 Å². The van der Waals surface area contributed by atoms with Crippen molar-refractivity contribution in [3.05, 3.63) is 23.8 Å². The largest absolute Gasteiger partial charge is 0.454 e. The summed E-state index contributed by atoms with van der Waals surface area (Å²) >= 11 is 0. The first-order valence-corrected chi connectivity index (χ1v) is 9.23. The van der Waals surface area contributed by atoms with Crippen LogP contribution < -0.4 is 20.1 Å². The molecule has 0 radical (unpaired) electrons. The number of carbonyl (C=O) groups excluding carboxylic acids is 1. The third-order valence-corrected chi connectivity index (χ3v) is 5.70. The minimum absolute atomic E-state index is 0.0856. The zero-order chi connectivity index (χ0) is 17.1. The molecular formula is C19H26N2O4. The Balaban J connectivity index is 1.50. The molecule has 0 bridgehead atoms. The quantitative estimate of drug-likeness (QED) is 0.866. The lowest BCUT2D eigenvalue weighted by Crippen LogP contribution is -2.48. The normalized spacial score (nSPS) is 24.7. The van der Waals surface area contributed by atoms with Gasteiger partial charge >= 0.3 is 0 Å². The summed E-state index contributed by atoms with van der Waals surface area (Å²) in [6.07, 6.45) is 3.84. The monoisotopic (exact) mass is 346 g/mol. The van der Waals surface area contributed by atoms with Crippen molar-refractivity contribution < 1.29 is 19.0 Å². The van der Waals surface area contributed by atoms with Crippen LogP contribution in [-0.2, 0) is 14.9 Å². The number of carbonyl (C=O) groups is 1. The number of benzene rings is 1. The lowest BCUT2D eigenvalue weighted by atomic mass is 9.74. The molecule has 1 unspecified atom stereocenters.